The van der Waals surface area contributed by atoms with E-state index in [9.17, 15) is 14.3 Å². The third kappa shape index (κ3) is 2.36. The molecule has 0 fully saturated rings. The first-order valence-electron chi connectivity index (χ1n) is 5.20. The van der Waals surface area contributed by atoms with Gasteiger partial charge in [-0.1, -0.05) is 6.07 Å². The van der Waals surface area contributed by atoms with Gasteiger partial charge in [0.05, 0.1) is 0 Å². The zero-order valence-electron chi connectivity index (χ0n) is 9.35. The van der Waals surface area contributed by atoms with Crippen molar-refractivity contribution < 1.29 is 9.50 Å². The molecular weight excluding hydrogens is 221 g/mol. The van der Waals surface area contributed by atoms with Gasteiger partial charge < -0.3 is 9.67 Å². The Morgan fingerprint density at radius 2 is 2.06 bits per heavy atom. The number of hydrogen-bond donors (Lipinski definition) is 1. The van der Waals surface area contributed by atoms with E-state index in [4.69, 9.17) is 0 Å². The van der Waals surface area contributed by atoms with Crippen LogP contribution in [0.15, 0.2) is 41.3 Å². The lowest BCUT2D eigenvalue weighted by Gasteiger charge is -2.05. The van der Waals surface area contributed by atoms with Gasteiger partial charge in [-0.3, -0.25) is 4.79 Å². The molecule has 3 nitrogen and oxygen atoms in total. The third-order valence-electron chi connectivity index (χ3n) is 2.62. The van der Waals surface area contributed by atoms with E-state index in [1.54, 1.807) is 25.4 Å². The number of phenolic OH excluding ortho intramolecular Hbond substituents is 1. The van der Waals surface area contributed by atoms with E-state index in [2.05, 4.69) is 0 Å². The summed E-state index contributed by atoms with van der Waals surface area (Å²) >= 11 is 0. The van der Waals surface area contributed by atoms with Crippen LogP contribution in [0.25, 0.3) is 0 Å². The Bertz CT molecular complexity index is 605. The molecule has 1 N–H and O–H groups in total. The molecule has 0 aliphatic heterocycles. The van der Waals surface area contributed by atoms with Gasteiger partial charge in [-0.25, -0.2) is 4.39 Å². The van der Waals surface area contributed by atoms with E-state index in [-0.39, 0.29) is 17.7 Å². The number of hydrogen-bond acceptors (Lipinski definition) is 2. The Hall–Kier alpha value is -2.10. The monoisotopic (exact) mass is 233 g/mol. The Balaban J connectivity index is 2.41. The number of halogens is 1. The van der Waals surface area contributed by atoms with Crippen molar-refractivity contribution >= 4 is 0 Å². The summed E-state index contributed by atoms with van der Waals surface area (Å²) in [6, 6.07) is 7.13. The largest absolute Gasteiger partial charge is 0.508 e. The molecule has 0 radical (unpaired) electrons. The second kappa shape index (κ2) is 4.41. The smallest absolute Gasteiger partial charge is 0.253 e. The maximum atomic E-state index is 13.0. The molecule has 0 amide bonds. The molecule has 0 aliphatic rings. The topological polar surface area (TPSA) is 42.2 Å². The quantitative estimate of drug-likeness (QED) is 0.859. The van der Waals surface area contributed by atoms with Gasteiger partial charge in [0.15, 0.2) is 0 Å². The van der Waals surface area contributed by atoms with Crippen LogP contribution in [0.1, 0.15) is 11.1 Å². The predicted octanol–water partition coefficient (Wildman–Crippen LogP) is 1.82. The summed E-state index contributed by atoms with van der Waals surface area (Å²) in [5.41, 5.74) is 0.792. The predicted molar refractivity (Wildman–Crippen MR) is 62.6 cm³/mol. The zero-order chi connectivity index (χ0) is 12.4. The number of pyridine rings is 1. The second-order valence-corrected chi connectivity index (χ2v) is 3.90. The van der Waals surface area contributed by atoms with Gasteiger partial charge in [-0.05, 0) is 24.3 Å². The van der Waals surface area contributed by atoms with E-state index in [0.29, 0.717) is 11.1 Å². The lowest BCUT2D eigenvalue weighted by Crippen LogP contribution is -2.20. The summed E-state index contributed by atoms with van der Waals surface area (Å²) in [5, 5.41) is 9.58. The van der Waals surface area contributed by atoms with Crippen molar-refractivity contribution in [3.05, 3.63) is 63.8 Å². The molecule has 0 saturated heterocycles. The number of nitrogens with zero attached hydrogens (tertiary/aromatic N) is 1. The number of aromatic hydroxyl groups is 1. The fourth-order valence-corrected chi connectivity index (χ4v) is 1.69. The van der Waals surface area contributed by atoms with Crippen molar-refractivity contribution in [1.29, 1.82) is 0 Å². The van der Waals surface area contributed by atoms with E-state index < -0.39 is 5.82 Å². The fourth-order valence-electron chi connectivity index (χ4n) is 1.69. The molecule has 1 aromatic heterocycles. The third-order valence-corrected chi connectivity index (χ3v) is 2.62. The highest BCUT2D eigenvalue weighted by atomic mass is 19.1. The van der Waals surface area contributed by atoms with E-state index in [1.807, 2.05) is 0 Å². The van der Waals surface area contributed by atoms with Crippen LogP contribution in [-0.2, 0) is 13.5 Å². The zero-order valence-corrected chi connectivity index (χ0v) is 9.35. The van der Waals surface area contributed by atoms with Crippen LogP contribution in [-0.4, -0.2) is 9.67 Å². The Morgan fingerprint density at radius 3 is 2.82 bits per heavy atom. The average Bonchev–Trinajstić information content (AvgIpc) is 2.30. The lowest BCUT2D eigenvalue weighted by atomic mass is 10.1. The molecule has 0 atom stereocenters. The highest BCUT2D eigenvalue weighted by Crippen LogP contribution is 2.20. The van der Waals surface area contributed by atoms with Crippen LogP contribution >= 0.6 is 0 Å². The summed E-state index contributed by atoms with van der Waals surface area (Å²) in [7, 11) is 1.65. The summed E-state index contributed by atoms with van der Waals surface area (Å²) in [6.07, 6.45) is 1.87. The Labute approximate surface area is 97.8 Å². The van der Waals surface area contributed by atoms with Crippen molar-refractivity contribution in [1.82, 2.24) is 4.57 Å². The maximum Gasteiger partial charge on any atom is 0.253 e. The Morgan fingerprint density at radius 1 is 1.29 bits per heavy atom. The summed E-state index contributed by atoms with van der Waals surface area (Å²) in [5.74, 6) is -0.428. The molecule has 2 rings (SSSR count). The average molecular weight is 233 g/mol. The van der Waals surface area contributed by atoms with Gasteiger partial charge in [0.25, 0.3) is 5.56 Å². The van der Waals surface area contributed by atoms with Crippen LogP contribution in [0.5, 0.6) is 5.75 Å². The van der Waals surface area contributed by atoms with Gasteiger partial charge in [0.2, 0.25) is 0 Å². The Kier molecular flexibility index (Phi) is 2.95. The molecule has 17 heavy (non-hydrogen) atoms. The van der Waals surface area contributed by atoms with E-state index in [1.165, 1.54) is 22.8 Å². The molecule has 4 heteroatoms. The number of aromatic nitrogens is 1. The SMILES string of the molecule is Cn1cccc(Cc2cc(F)ccc2O)c1=O. The molecule has 1 aromatic carbocycles. The van der Waals surface area contributed by atoms with Crippen LogP contribution < -0.4 is 5.56 Å². The van der Waals surface area contributed by atoms with Crippen LogP contribution in [0, 0.1) is 5.82 Å². The van der Waals surface area contributed by atoms with Crippen LogP contribution in [0.2, 0.25) is 0 Å². The van der Waals surface area contributed by atoms with Gasteiger partial charge in [-0.2, -0.15) is 0 Å². The van der Waals surface area contributed by atoms with E-state index in [0.717, 1.165) is 0 Å². The van der Waals surface area contributed by atoms with Crippen molar-refractivity contribution in [2.24, 2.45) is 7.05 Å². The normalized spacial score (nSPS) is 10.5. The van der Waals surface area contributed by atoms with Crippen molar-refractivity contribution in [2.45, 2.75) is 6.42 Å². The summed E-state index contributed by atoms with van der Waals surface area (Å²) in [6.45, 7) is 0. The fraction of sp³-hybridized carbons (Fsp3) is 0.154. The molecular formula is C13H12FNO2. The minimum atomic E-state index is -0.425. The highest BCUT2D eigenvalue weighted by molar-refractivity contribution is 5.36. The molecule has 0 aliphatic carbocycles. The highest BCUT2D eigenvalue weighted by Gasteiger charge is 2.07. The molecule has 0 saturated carbocycles. The van der Waals surface area contributed by atoms with Crippen molar-refractivity contribution in [3.63, 3.8) is 0 Å². The van der Waals surface area contributed by atoms with Gasteiger partial charge in [0, 0.05) is 30.8 Å². The summed E-state index contributed by atoms with van der Waals surface area (Å²) < 4.78 is 14.5. The maximum absolute atomic E-state index is 13.0. The van der Waals surface area contributed by atoms with Crippen molar-refractivity contribution in [3.8, 4) is 5.75 Å². The molecule has 88 valence electrons. The first-order chi connectivity index (χ1) is 8.08. The van der Waals surface area contributed by atoms with Crippen LogP contribution in [0.4, 0.5) is 4.39 Å². The second-order valence-electron chi connectivity index (χ2n) is 3.90. The first-order valence-corrected chi connectivity index (χ1v) is 5.20. The number of benzene rings is 1. The summed E-state index contributed by atoms with van der Waals surface area (Å²) in [4.78, 5) is 11.8. The molecule has 0 unspecified atom stereocenters. The number of aryl methyl sites for hydroxylation is 1. The van der Waals surface area contributed by atoms with Gasteiger partial charge in [0.1, 0.15) is 11.6 Å². The molecule has 2 aromatic rings. The first kappa shape index (κ1) is 11.4. The minimum absolute atomic E-state index is 0.00249. The number of phenols is 1. The number of rotatable bonds is 2. The minimum Gasteiger partial charge on any atom is -0.508 e. The van der Waals surface area contributed by atoms with E-state index >= 15 is 0 Å². The lowest BCUT2D eigenvalue weighted by molar-refractivity contribution is 0.466. The van der Waals surface area contributed by atoms with Gasteiger partial charge >= 0.3 is 0 Å². The van der Waals surface area contributed by atoms with Crippen LogP contribution in [0.3, 0.4) is 0 Å². The standard InChI is InChI=1S/C13H12FNO2/c1-15-6-2-3-9(13(15)17)7-10-8-11(14)4-5-12(10)16/h2-6,8,16H,7H2,1H3. The molecule has 0 spiro atoms. The molecule has 0 bridgehead atoms. The molecule has 1 heterocycles. The van der Waals surface area contributed by atoms with Gasteiger partial charge in [-0.15, -0.1) is 0 Å². The van der Waals surface area contributed by atoms with Crippen molar-refractivity contribution in [2.75, 3.05) is 0 Å².